The van der Waals surface area contributed by atoms with Gasteiger partial charge in [0.05, 0.1) is 17.4 Å². The van der Waals surface area contributed by atoms with Crippen LogP contribution in [0.2, 0.25) is 0 Å². The van der Waals surface area contributed by atoms with Crippen LogP contribution in [0.5, 0.6) is 0 Å². The van der Waals surface area contributed by atoms with Crippen molar-refractivity contribution in [3.63, 3.8) is 0 Å². The third kappa shape index (κ3) is 5.13. The van der Waals surface area contributed by atoms with Crippen LogP contribution in [0.4, 0.5) is 0 Å². The molecular formula is C35H54O8. The van der Waals surface area contributed by atoms with Gasteiger partial charge in [-0.1, -0.05) is 78.4 Å². The lowest BCUT2D eigenvalue weighted by Crippen LogP contribution is -2.66. The number of hydrogen-bond acceptors (Lipinski definition) is 8. The normalized spacial score (nSPS) is 37.7. The van der Waals surface area contributed by atoms with E-state index in [4.69, 9.17) is 9.47 Å². The van der Waals surface area contributed by atoms with Gasteiger partial charge in [-0.15, -0.1) is 0 Å². The molecule has 1 spiro atoms. The van der Waals surface area contributed by atoms with Gasteiger partial charge in [0.25, 0.3) is 0 Å². The molecule has 2 bridgehead atoms. The SMILES string of the molecule is CCCCCCCCCC(=O)O[C@@]12C[C@@H](C)[C@]34C=C(C)[C@H](OC(=O)C(C)(C)C)[C@@]3(O)[C@H](O)C(CO)=C[C@H](C4=O)[C@@H]1C2(C)C. The van der Waals surface area contributed by atoms with Gasteiger partial charge < -0.3 is 24.8 Å². The predicted molar refractivity (Wildman–Crippen MR) is 163 cm³/mol. The van der Waals surface area contributed by atoms with Crippen LogP contribution in [0.25, 0.3) is 0 Å². The Balaban J connectivity index is 1.69. The topological polar surface area (TPSA) is 130 Å². The Hall–Kier alpha value is -2.03. The smallest absolute Gasteiger partial charge is 0.311 e. The summed E-state index contributed by atoms with van der Waals surface area (Å²) in [4.78, 5) is 41.2. The molecule has 3 N–H and O–H groups in total. The van der Waals surface area contributed by atoms with E-state index in [1.165, 1.54) is 25.7 Å². The van der Waals surface area contributed by atoms with Crippen molar-refractivity contribution < 1.29 is 39.2 Å². The molecule has 0 aromatic heterocycles. The molecule has 0 aliphatic heterocycles. The van der Waals surface area contributed by atoms with Crippen molar-refractivity contribution >= 4 is 17.7 Å². The highest BCUT2D eigenvalue weighted by Crippen LogP contribution is 2.75. The number of esters is 2. The Kier molecular flexibility index (Phi) is 9.23. The molecule has 43 heavy (non-hydrogen) atoms. The molecule has 8 nitrogen and oxygen atoms in total. The van der Waals surface area contributed by atoms with Crippen molar-refractivity contribution in [2.75, 3.05) is 6.61 Å². The minimum absolute atomic E-state index is 0.0998. The maximum Gasteiger partial charge on any atom is 0.311 e. The average molecular weight is 603 g/mol. The van der Waals surface area contributed by atoms with Crippen molar-refractivity contribution in [3.8, 4) is 0 Å². The van der Waals surface area contributed by atoms with Crippen LogP contribution in [0, 0.1) is 34.0 Å². The van der Waals surface area contributed by atoms with Crippen LogP contribution < -0.4 is 0 Å². The van der Waals surface area contributed by atoms with E-state index < -0.39 is 70.0 Å². The number of aliphatic hydroxyl groups excluding tert-OH is 2. The van der Waals surface area contributed by atoms with E-state index in [0.29, 0.717) is 18.4 Å². The highest BCUT2D eigenvalue weighted by atomic mass is 16.6. The summed E-state index contributed by atoms with van der Waals surface area (Å²) in [7, 11) is 0. The molecule has 4 aliphatic rings. The van der Waals surface area contributed by atoms with Gasteiger partial charge in [-0.2, -0.15) is 0 Å². The van der Waals surface area contributed by atoms with E-state index >= 15 is 0 Å². The van der Waals surface area contributed by atoms with Crippen LogP contribution >= 0.6 is 0 Å². The van der Waals surface area contributed by atoms with Crippen LogP contribution in [0.3, 0.4) is 0 Å². The number of ketones is 1. The fourth-order valence-corrected chi connectivity index (χ4v) is 8.66. The minimum atomic E-state index is -2.25. The van der Waals surface area contributed by atoms with E-state index in [9.17, 15) is 29.7 Å². The number of ether oxygens (including phenoxy) is 2. The molecule has 0 amide bonds. The van der Waals surface area contributed by atoms with Crippen LogP contribution in [-0.4, -0.2) is 63.1 Å². The van der Waals surface area contributed by atoms with Crippen molar-refractivity contribution in [3.05, 3.63) is 23.3 Å². The zero-order chi connectivity index (χ0) is 32.2. The standard InChI is InChI=1S/C35H54O8/c1-9-10-11-12-13-14-15-16-25(37)43-34-19-22(3)33-18-21(2)29(42-30(40)31(4,5)6)35(33,41)27(38)23(20-36)17-24(28(33)39)26(34)32(34,7)8/h17-18,22,24,26-27,29,36,38,41H,9-16,19-20H2,1-8H3/t22-,24+,26-,27-,29+,33+,34+,35+/m1/s1. The first-order valence-corrected chi connectivity index (χ1v) is 16.4. The second-order valence-electron chi connectivity index (χ2n) is 15.3. The highest BCUT2D eigenvalue weighted by Gasteiger charge is 2.83. The lowest BCUT2D eigenvalue weighted by molar-refractivity contribution is -0.208. The maximum atomic E-state index is 14.8. The van der Waals surface area contributed by atoms with E-state index in [1.54, 1.807) is 39.8 Å². The highest BCUT2D eigenvalue weighted by molar-refractivity contribution is 5.96. The number of unbranched alkanes of at least 4 members (excludes halogenated alkanes) is 6. The monoisotopic (exact) mass is 602 g/mol. The number of rotatable bonds is 11. The minimum Gasteiger partial charge on any atom is -0.458 e. The molecule has 0 heterocycles. The first kappa shape index (κ1) is 33.9. The van der Waals surface area contributed by atoms with E-state index in [-0.39, 0.29) is 17.3 Å². The van der Waals surface area contributed by atoms with Crippen molar-refractivity contribution in [1.29, 1.82) is 0 Å². The summed E-state index contributed by atoms with van der Waals surface area (Å²) in [6, 6.07) is 0. The average Bonchev–Trinajstić information content (AvgIpc) is 3.32. The summed E-state index contributed by atoms with van der Waals surface area (Å²) in [6.45, 7) is 14.2. The van der Waals surface area contributed by atoms with Gasteiger partial charge in [0, 0.05) is 23.7 Å². The summed E-state index contributed by atoms with van der Waals surface area (Å²) >= 11 is 0. The molecule has 2 fully saturated rings. The number of hydrogen-bond donors (Lipinski definition) is 3. The van der Waals surface area contributed by atoms with Crippen LogP contribution in [0.1, 0.15) is 113 Å². The molecular weight excluding hydrogens is 548 g/mol. The first-order chi connectivity index (χ1) is 20.0. The molecule has 0 aromatic carbocycles. The second kappa shape index (κ2) is 11.7. The van der Waals surface area contributed by atoms with Crippen molar-refractivity contribution in [1.82, 2.24) is 0 Å². The summed E-state index contributed by atoms with van der Waals surface area (Å²) in [5, 5.41) is 34.8. The molecule has 8 atom stereocenters. The van der Waals surface area contributed by atoms with Gasteiger partial charge in [-0.05, 0) is 57.6 Å². The maximum absolute atomic E-state index is 14.8. The zero-order valence-corrected chi connectivity index (χ0v) is 27.5. The second-order valence-corrected chi connectivity index (χ2v) is 15.3. The van der Waals surface area contributed by atoms with E-state index in [1.807, 2.05) is 20.8 Å². The molecule has 8 heteroatoms. The lowest BCUT2D eigenvalue weighted by atomic mass is 9.59. The molecule has 0 saturated heterocycles. The van der Waals surface area contributed by atoms with E-state index in [0.717, 1.165) is 19.3 Å². The Morgan fingerprint density at radius 2 is 1.67 bits per heavy atom. The van der Waals surface area contributed by atoms with Crippen LogP contribution in [-0.2, 0) is 23.9 Å². The largest absolute Gasteiger partial charge is 0.458 e. The zero-order valence-electron chi connectivity index (χ0n) is 27.5. The Bertz CT molecular complexity index is 1180. The van der Waals surface area contributed by atoms with Gasteiger partial charge >= 0.3 is 11.9 Å². The van der Waals surface area contributed by atoms with Gasteiger partial charge in [0.2, 0.25) is 0 Å². The predicted octanol–water partition coefficient (Wildman–Crippen LogP) is 5.22. The number of Topliss-reactive ketones (excluding diaryl/α,β-unsaturated/α-hetero) is 1. The Morgan fingerprint density at radius 1 is 1.07 bits per heavy atom. The molecule has 4 rings (SSSR count). The molecule has 0 unspecified atom stereocenters. The molecule has 0 aromatic rings. The molecule has 2 saturated carbocycles. The Labute approximate surface area is 257 Å². The van der Waals surface area contributed by atoms with Gasteiger partial charge in [0.15, 0.2) is 17.5 Å². The number of carbonyl (C=O) groups is 3. The van der Waals surface area contributed by atoms with Gasteiger partial charge in [-0.3, -0.25) is 14.4 Å². The summed E-state index contributed by atoms with van der Waals surface area (Å²) < 4.78 is 12.3. The summed E-state index contributed by atoms with van der Waals surface area (Å²) in [6.07, 6.45) is 8.50. The van der Waals surface area contributed by atoms with E-state index in [2.05, 4.69) is 6.92 Å². The first-order valence-electron chi connectivity index (χ1n) is 16.4. The number of allylic oxidation sites excluding steroid dienone is 1. The quantitative estimate of drug-likeness (QED) is 0.167. The van der Waals surface area contributed by atoms with Crippen LogP contribution in [0.15, 0.2) is 23.3 Å². The third-order valence-electron chi connectivity index (χ3n) is 11.1. The summed E-state index contributed by atoms with van der Waals surface area (Å²) in [5.74, 6) is -2.97. The number of carbonyl (C=O) groups excluding carboxylic acids is 3. The Morgan fingerprint density at radius 3 is 2.26 bits per heavy atom. The number of fused-ring (bicyclic) bond motifs is 3. The fraction of sp³-hybridized carbons (Fsp3) is 0.800. The third-order valence-corrected chi connectivity index (χ3v) is 11.1. The summed E-state index contributed by atoms with van der Waals surface area (Å²) in [5.41, 5.74) is -5.69. The molecule has 242 valence electrons. The lowest BCUT2D eigenvalue weighted by Gasteiger charge is -2.49. The van der Waals surface area contributed by atoms with Crippen molar-refractivity contribution in [2.24, 2.45) is 34.0 Å². The fourth-order valence-electron chi connectivity index (χ4n) is 8.66. The molecule has 0 radical (unpaired) electrons. The van der Waals surface area contributed by atoms with Crippen molar-refractivity contribution in [2.45, 2.75) is 137 Å². The molecule has 4 aliphatic carbocycles. The van der Waals surface area contributed by atoms with Gasteiger partial charge in [0.1, 0.15) is 11.7 Å². The van der Waals surface area contributed by atoms with Gasteiger partial charge in [-0.25, -0.2) is 0 Å². The number of aliphatic hydroxyl groups is 3.